The monoisotopic (exact) mass is 280 g/mol. The molecule has 3 rings (SSSR count). The van der Waals surface area contributed by atoms with Crippen molar-refractivity contribution in [1.82, 2.24) is 9.97 Å². The Morgan fingerprint density at radius 1 is 1.47 bits per heavy atom. The van der Waals surface area contributed by atoms with Gasteiger partial charge in [0.15, 0.2) is 0 Å². The number of aromatic carboxylic acids is 1. The van der Waals surface area contributed by atoms with Crippen LogP contribution in [0, 0.1) is 5.82 Å². The molecule has 2 aromatic heterocycles. The lowest BCUT2D eigenvalue weighted by Crippen LogP contribution is -1.98. The maximum Gasteiger partial charge on any atom is 0.338 e. The zero-order chi connectivity index (χ0) is 13.6. The molecular formula is C12H6ClFN2O3. The van der Waals surface area contributed by atoms with Gasteiger partial charge in [-0.2, -0.15) is 0 Å². The number of hydrogen-bond acceptors (Lipinski definition) is 3. The average Bonchev–Trinajstić information content (AvgIpc) is 2.93. The van der Waals surface area contributed by atoms with Gasteiger partial charge < -0.3 is 14.5 Å². The Hall–Kier alpha value is -2.34. The molecule has 5 nitrogen and oxygen atoms in total. The van der Waals surface area contributed by atoms with Gasteiger partial charge in [0.2, 0.25) is 5.22 Å². The summed E-state index contributed by atoms with van der Waals surface area (Å²) in [4.78, 5) is 18.0. The van der Waals surface area contributed by atoms with Crippen LogP contribution in [-0.2, 0) is 0 Å². The number of H-pyrrole nitrogens is 1. The first kappa shape index (κ1) is 11.7. The molecule has 7 heteroatoms. The maximum atomic E-state index is 13.3. The summed E-state index contributed by atoms with van der Waals surface area (Å²) in [7, 11) is 0. The molecule has 0 saturated heterocycles. The highest BCUT2D eigenvalue weighted by atomic mass is 35.5. The lowest BCUT2D eigenvalue weighted by atomic mass is 10.2. The van der Waals surface area contributed by atoms with E-state index in [0.29, 0.717) is 11.4 Å². The number of benzene rings is 1. The third kappa shape index (κ3) is 1.86. The van der Waals surface area contributed by atoms with Gasteiger partial charge in [-0.25, -0.2) is 14.2 Å². The number of aromatic amines is 1. The van der Waals surface area contributed by atoms with E-state index < -0.39 is 11.8 Å². The Kier molecular flexibility index (Phi) is 2.53. The number of nitrogens with zero attached hydrogens (tertiary/aromatic N) is 1. The zero-order valence-electron chi connectivity index (χ0n) is 9.28. The summed E-state index contributed by atoms with van der Waals surface area (Å²) < 4.78 is 18.3. The Morgan fingerprint density at radius 3 is 2.89 bits per heavy atom. The minimum absolute atomic E-state index is 0.122. The topological polar surface area (TPSA) is 79.1 Å². The fourth-order valence-corrected chi connectivity index (χ4v) is 2.04. The quantitative estimate of drug-likeness (QED) is 0.755. The van der Waals surface area contributed by atoms with Crippen molar-refractivity contribution in [2.75, 3.05) is 0 Å². The van der Waals surface area contributed by atoms with Gasteiger partial charge in [0, 0.05) is 0 Å². The van der Waals surface area contributed by atoms with Crippen molar-refractivity contribution in [2.24, 2.45) is 0 Å². The first-order chi connectivity index (χ1) is 9.06. The van der Waals surface area contributed by atoms with Gasteiger partial charge in [-0.05, 0) is 29.8 Å². The molecule has 0 fully saturated rings. The highest BCUT2D eigenvalue weighted by molar-refractivity contribution is 6.31. The molecule has 0 atom stereocenters. The second-order valence-electron chi connectivity index (χ2n) is 3.85. The minimum Gasteiger partial charge on any atom is -0.478 e. The van der Waals surface area contributed by atoms with Gasteiger partial charge >= 0.3 is 5.97 Å². The van der Waals surface area contributed by atoms with Gasteiger partial charge in [-0.1, -0.05) is 0 Å². The number of hydrogen-bond donors (Lipinski definition) is 2. The van der Waals surface area contributed by atoms with E-state index in [1.807, 2.05) is 0 Å². The molecule has 3 aromatic rings. The van der Waals surface area contributed by atoms with Crippen LogP contribution in [0.25, 0.3) is 22.4 Å². The van der Waals surface area contributed by atoms with Gasteiger partial charge in [-0.3, -0.25) is 0 Å². The van der Waals surface area contributed by atoms with Crippen LogP contribution in [0.1, 0.15) is 10.4 Å². The van der Waals surface area contributed by atoms with E-state index in [-0.39, 0.29) is 21.8 Å². The minimum atomic E-state index is -1.25. The number of carboxylic acids is 1. The SMILES string of the molecule is O=C(O)c1cc(F)cc2[nH]c(-c3ccoc3Cl)nc12. The Morgan fingerprint density at radius 2 is 2.26 bits per heavy atom. The van der Waals surface area contributed by atoms with Gasteiger partial charge in [-0.15, -0.1) is 0 Å². The second-order valence-corrected chi connectivity index (χ2v) is 4.19. The van der Waals surface area contributed by atoms with E-state index in [9.17, 15) is 9.18 Å². The van der Waals surface area contributed by atoms with Crippen molar-refractivity contribution in [2.45, 2.75) is 0 Å². The third-order valence-electron chi connectivity index (χ3n) is 2.65. The second kappa shape index (κ2) is 4.10. The number of carboxylic acid groups (broad SMARTS) is 1. The molecule has 2 heterocycles. The summed E-state index contributed by atoms with van der Waals surface area (Å²) in [5.41, 5.74) is 0.720. The van der Waals surface area contributed by atoms with Crippen molar-refractivity contribution in [3.63, 3.8) is 0 Å². The number of carbonyl (C=O) groups is 1. The van der Waals surface area contributed by atoms with Crippen LogP contribution in [0.2, 0.25) is 5.22 Å². The highest BCUT2D eigenvalue weighted by Gasteiger charge is 2.17. The summed E-state index contributed by atoms with van der Waals surface area (Å²) in [6.45, 7) is 0. The average molecular weight is 281 g/mol. The number of halogens is 2. The van der Waals surface area contributed by atoms with Gasteiger partial charge in [0.1, 0.15) is 17.2 Å². The smallest absolute Gasteiger partial charge is 0.338 e. The summed E-state index contributed by atoms with van der Waals surface area (Å²) in [6, 6.07) is 3.68. The van der Waals surface area contributed by atoms with Crippen LogP contribution >= 0.6 is 11.6 Å². The largest absolute Gasteiger partial charge is 0.478 e. The molecule has 0 bridgehead atoms. The van der Waals surface area contributed by atoms with E-state index in [0.717, 1.165) is 6.07 Å². The predicted octanol–water partition coefficient (Wildman–Crippen LogP) is 3.31. The molecule has 0 aliphatic heterocycles. The van der Waals surface area contributed by atoms with Crippen molar-refractivity contribution in [3.8, 4) is 11.4 Å². The fourth-order valence-electron chi connectivity index (χ4n) is 1.84. The predicted molar refractivity (Wildman–Crippen MR) is 65.7 cm³/mol. The van der Waals surface area contributed by atoms with E-state index in [1.165, 1.54) is 12.3 Å². The van der Waals surface area contributed by atoms with Crippen LogP contribution in [0.3, 0.4) is 0 Å². The summed E-state index contributed by atoms with van der Waals surface area (Å²) >= 11 is 5.82. The summed E-state index contributed by atoms with van der Waals surface area (Å²) in [5, 5.41) is 9.16. The highest BCUT2D eigenvalue weighted by Crippen LogP contribution is 2.29. The molecule has 0 radical (unpaired) electrons. The Labute approximate surface area is 110 Å². The van der Waals surface area contributed by atoms with Gasteiger partial charge in [0.05, 0.1) is 22.9 Å². The van der Waals surface area contributed by atoms with Crippen molar-refractivity contribution >= 4 is 28.6 Å². The number of imidazole rings is 1. The standard InChI is InChI=1S/C12H6ClFN2O3/c13-10-6(1-2-19-10)11-15-8-4-5(14)3-7(12(17)18)9(8)16-11/h1-4H,(H,15,16)(H,17,18). The number of fused-ring (bicyclic) bond motifs is 1. The van der Waals surface area contributed by atoms with E-state index in [1.54, 1.807) is 6.07 Å². The van der Waals surface area contributed by atoms with E-state index in [4.69, 9.17) is 21.1 Å². The molecule has 19 heavy (non-hydrogen) atoms. The van der Waals surface area contributed by atoms with E-state index >= 15 is 0 Å². The first-order valence-corrected chi connectivity index (χ1v) is 5.60. The van der Waals surface area contributed by atoms with E-state index in [2.05, 4.69) is 9.97 Å². The van der Waals surface area contributed by atoms with Crippen LogP contribution < -0.4 is 0 Å². The third-order valence-corrected chi connectivity index (χ3v) is 2.95. The van der Waals surface area contributed by atoms with Gasteiger partial charge in [0.25, 0.3) is 0 Å². The number of aromatic nitrogens is 2. The molecule has 1 aromatic carbocycles. The maximum absolute atomic E-state index is 13.3. The molecule has 0 aliphatic rings. The molecule has 2 N–H and O–H groups in total. The molecule has 0 aliphatic carbocycles. The Balaban J connectivity index is 2.29. The van der Waals surface area contributed by atoms with Crippen LogP contribution in [-0.4, -0.2) is 21.0 Å². The molecule has 0 unspecified atom stereocenters. The molecule has 0 saturated carbocycles. The zero-order valence-corrected chi connectivity index (χ0v) is 10.0. The van der Waals surface area contributed by atoms with Crippen LogP contribution in [0.5, 0.6) is 0 Å². The molecular weight excluding hydrogens is 275 g/mol. The Bertz CT molecular complexity index is 793. The molecule has 96 valence electrons. The lowest BCUT2D eigenvalue weighted by molar-refractivity contribution is 0.0698. The molecule has 0 amide bonds. The summed E-state index contributed by atoms with van der Waals surface area (Å²) in [5.74, 6) is -1.58. The van der Waals surface area contributed by atoms with Crippen LogP contribution in [0.4, 0.5) is 4.39 Å². The van der Waals surface area contributed by atoms with Crippen molar-refractivity contribution in [1.29, 1.82) is 0 Å². The lowest BCUT2D eigenvalue weighted by Gasteiger charge is -1.95. The number of furan rings is 1. The van der Waals surface area contributed by atoms with Crippen molar-refractivity contribution in [3.05, 3.63) is 41.1 Å². The fraction of sp³-hybridized carbons (Fsp3) is 0. The number of rotatable bonds is 2. The van der Waals surface area contributed by atoms with Crippen molar-refractivity contribution < 1.29 is 18.7 Å². The summed E-state index contributed by atoms with van der Waals surface area (Å²) in [6.07, 6.45) is 1.38. The molecule has 0 spiro atoms. The number of nitrogens with one attached hydrogen (secondary N) is 1. The normalized spacial score (nSPS) is 11.1. The first-order valence-electron chi connectivity index (χ1n) is 5.22. The van der Waals surface area contributed by atoms with Crippen LogP contribution in [0.15, 0.2) is 28.9 Å².